The van der Waals surface area contributed by atoms with E-state index in [1.165, 1.54) is 64.7 Å². The molecule has 16 heteroatoms. The highest BCUT2D eigenvalue weighted by atomic mass is 16.5. The van der Waals surface area contributed by atoms with E-state index in [9.17, 15) is 0 Å². The van der Waals surface area contributed by atoms with Gasteiger partial charge in [0.2, 0.25) is 11.9 Å². The van der Waals surface area contributed by atoms with Gasteiger partial charge in [0, 0.05) is 126 Å². The van der Waals surface area contributed by atoms with Crippen molar-refractivity contribution in [3.8, 4) is 35.2 Å². The number of benzene rings is 2. The Hall–Kier alpha value is -5.20. The van der Waals surface area contributed by atoms with Crippen LogP contribution in [0.1, 0.15) is 129 Å². The van der Waals surface area contributed by atoms with Crippen LogP contribution >= 0.6 is 0 Å². The summed E-state index contributed by atoms with van der Waals surface area (Å²) in [4.78, 5) is 40.2. The smallest absolute Gasteiger partial charge is 0.227 e. The number of aromatic nitrogens is 4. The van der Waals surface area contributed by atoms with Crippen LogP contribution in [0.15, 0.2) is 24.3 Å². The van der Waals surface area contributed by atoms with Crippen molar-refractivity contribution in [2.45, 2.75) is 142 Å². The van der Waals surface area contributed by atoms with E-state index in [0.717, 1.165) is 211 Å². The van der Waals surface area contributed by atoms with Crippen molar-refractivity contribution in [2.24, 2.45) is 0 Å². The molecule has 2 aromatic heterocycles. The van der Waals surface area contributed by atoms with E-state index >= 15 is 0 Å². The van der Waals surface area contributed by atoms with Gasteiger partial charge >= 0.3 is 0 Å². The number of methoxy groups -OCH3 is 2. The molecule has 0 radical (unpaired) electrons. The molecule has 0 bridgehead atoms. The number of fused-ring (bicyclic) bond motifs is 2. The molecule has 80 heavy (non-hydrogen) atoms. The van der Waals surface area contributed by atoms with Crippen molar-refractivity contribution < 1.29 is 9.47 Å². The van der Waals surface area contributed by atoms with E-state index in [0.29, 0.717) is 24.2 Å². The first-order valence-corrected chi connectivity index (χ1v) is 31.1. The van der Waals surface area contributed by atoms with Crippen molar-refractivity contribution in [2.75, 3.05) is 167 Å². The van der Waals surface area contributed by atoms with Crippen molar-refractivity contribution in [3.05, 3.63) is 35.4 Å². The van der Waals surface area contributed by atoms with Gasteiger partial charge in [0.1, 0.15) is 23.1 Å². The molecule has 4 aromatic rings. The van der Waals surface area contributed by atoms with Gasteiger partial charge in [0.15, 0.2) is 0 Å². The molecule has 0 atom stereocenters. The van der Waals surface area contributed by atoms with E-state index in [1.54, 1.807) is 14.2 Å². The molecule has 6 fully saturated rings. The average molecular weight is 1100 g/mol. The normalized spacial score (nSPS) is 20.4. The number of anilines is 4. The zero-order chi connectivity index (χ0) is 55.8. The minimum Gasteiger partial charge on any atom is -0.495 e. The Labute approximate surface area is 481 Å². The fraction of sp³-hybridized carbons (Fsp3) is 0.688. The van der Waals surface area contributed by atoms with E-state index < -0.39 is 0 Å². The third-order valence-corrected chi connectivity index (χ3v) is 17.7. The number of rotatable bonds is 14. The van der Waals surface area contributed by atoms with Gasteiger partial charge in [-0.15, -0.1) is 0 Å². The number of hydrogen-bond acceptors (Lipinski definition) is 16. The molecule has 6 aliphatic heterocycles. The molecule has 16 nitrogen and oxygen atoms in total. The van der Waals surface area contributed by atoms with Crippen LogP contribution in [-0.2, 0) is 0 Å². The SMILES string of the molecule is COc1cc2c(NC3CCN(C(C)C)CC3)nc(N3CCCN(C)CC3)nc2cc1C#CCCN1CCCCC1.COc1cc2c(NC3CCN(C(C)C)CC3)nc(N3CCCN(C)CC3)nc2cc1C#CCCN1CCCCC1. The maximum Gasteiger partial charge on any atom is 0.227 e. The van der Waals surface area contributed by atoms with Crippen LogP contribution in [0.2, 0.25) is 0 Å². The van der Waals surface area contributed by atoms with Gasteiger partial charge in [0.25, 0.3) is 0 Å². The van der Waals surface area contributed by atoms with Crippen LogP contribution in [0.5, 0.6) is 11.5 Å². The molecule has 8 heterocycles. The number of piperidine rings is 4. The fourth-order valence-corrected chi connectivity index (χ4v) is 12.4. The number of nitrogens with zero attached hydrogens (tertiary/aromatic N) is 12. The van der Waals surface area contributed by atoms with Gasteiger partial charge < -0.3 is 59.3 Å². The van der Waals surface area contributed by atoms with Crippen LogP contribution in [0.25, 0.3) is 21.8 Å². The third kappa shape index (κ3) is 16.5. The van der Waals surface area contributed by atoms with E-state index in [1.807, 2.05) is 0 Å². The van der Waals surface area contributed by atoms with Gasteiger partial charge in [-0.2, -0.15) is 9.97 Å². The van der Waals surface area contributed by atoms with Crippen LogP contribution in [-0.4, -0.2) is 220 Å². The highest BCUT2D eigenvalue weighted by Gasteiger charge is 2.27. The Kier molecular flexibility index (Phi) is 22.0. The first-order chi connectivity index (χ1) is 39.0. The molecule has 6 aliphatic rings. The maximum absolute atomic E-state index is 5.84. The zero-order valence-corrected chi connectivity index (χ0v) is 50.4. The van der Waals surface area contributed by atoms with Gasteiger partial charge in [-0.05, 0) is 170 Å². The Morgan fingerprint density at radius 2 is 0.875 bits per heavy atom. The van der Waals surface area contributed by atoms with E-state index in [4.69, 9.17) is 29.4 Å². The molecule has 0 amide bonds. The number of hydrogen-bond donors (Lipinski definition) is 2. The predicted octanol–water partition coefficient (Wildman–Crippen LogP) is 8.59. The maximum atomic E-state index is 5.84. The highest BCUT2D eigenvalue weighted by molar-refractivity contribution is 5.94. The standard InChI is InChI=1S/2C32H49N7O/c2*1-25(2)38-19-12-27(13-20-38)33-31-28-24-30(40-4)26(11-6-9-17-37-15-7-5-8-16-37)23-29(28)34-32(35-31)39-18-10-14-36(3)21-22-39/h2*23-25,27H,5,7-10,12-22H2,1-4H3,(H,33,34,35). The first-order valence-electron chi connectivity index (χ1n) is 31.1. The summed E-state index contributed by atoms with van der Waals surface area (Å²) in [6, 6.07) is 10.4. The summed E-state index contributed by atoms with van der Waals surface area (Å²) in [5, 5.41) is 9.69. The lowest BCUT2D eigenvalue weighted by atomic mass is 10.0. The van der Waals surface area contributed by atoms with E-state index in [-0.39, 0.29) is 0 Å². The minimum atomic E-state index is 0.400. The molecule has 2 aromatic carbocycles. The lowest BCUT2D eigenvalue weighted by Gasteiger charge is -2.35. The van der Waals surface area contributed by atoms with E-state index in [2.05, 4.69) is 140 Å². The van der Waals surface area contributed by atoms with Gasteiger partial charge in [0.05, 0.1) is 36.4 Å². The molecule has 0 spiro atoms. The summed E-state index contributed by atoms with van der Waals surface area (Å²) in [6.07, 6.45) is 16.4. The van der Waals surface area contributed by atoms with Crippen LogP contribution in [0.3, 0.4) is 0 Å². The summed E-state index contributed by atoms with van der Waals surface area (Å²) in [5.41, 5.74) is 3.69. The lowest BCUT2D eigenvalue weighted by Crippen LogP contribution is -2.42. The topological polar surface area (TPSA) is 120 Å². The molecule has 10 rings (SSSR count). The fourth-order valence-electron chi connectivity index (χ4n) is 12.4. The van der Waals surface area contributed by atoms with Gasteiger partial charge in [-0.3, -0.25) is 0 Å². The second-order valence-electron chi connectivity index (χ2n) is 24.2. The van der Waals surface area contributed by atoms with Crippen LogP contribution in [0, 0.1) is 23.7 Å². The van der Waals surface area contributed by atoms with Gasteiger partial charge in [-0.25, -0.2) is 9.97 Å². The predicted molar refractivity (Wildman–Crippen MR) is 331 cm³/mol. The molecular formula is C64H98N14O2. The Balaban J connectivity index is 0.000000194. The molecule has 0 saturated carbocycles. The van der Waals surface area contributed by atoms with Crippen LogP contribution < -0.4 is 29.9 Å². The van der Waals surface area contributed by atoms with Crippen molar-refractivity contribution >= 4 is 45.3 Å². The average Bonchev–Trinajstić information content (AvgIpc) is 3.85. The number of likely N-dealkylation sites (N-methyl/N-ethyl adjacent to an activating group) is 2. The van der Waals surface area contributed by atoms with Crippen molar-refractivity contribution in [1.29, 1.82) is 0 Å². The zero-order valence-electron chi connectivity index (χ0n) is 50.4. The summed E-state index contributed by atoms with van der Waals surface area (Å²) in [5.74, 6) is 18.7. The number of likely N-dealkylation sites (tertiary alicyclic amines) is 4. The summed E-state index contributed by atoms with van der Waals surface area (Å²) in [7, 11) is 7.86. The molecular weight excluding hydrogens is 997 g/mol. The Morgan fingerprint density at radius 3 is 1.25 bits per heavy atom. The highest BCUT2D eigenvalue weighted by Crippen LogP contribution is 2.34. The monoisotopic (exact) mass is 1090 g/mol. The Bertz CT molecular complexity index is 2540. The summed E-state index contributed by atoms with van der Waals surface area (Å²) < 4.78 is 11.7. The van der Waals surface area contributed by atoms with Gasteiger partial charge in [-0.1, -0.05) is 36.5 Å². The largest absolute Gasteiger partial charge is 0.495 e. The minimum absolute atomic E-state index is 0.400. The summed E-state index contributed by atoms with van der Waals surface area (Å²) >= 11 is 0. The second-order valence-corrected chi connectivity index (χ2v) is 24.2. The molecule has 436 valence electrons. The molecule has 2 N–H and O–H groups in total. The van der Waals surface area contributed by atoms with Crippen molar-refractivity contribution in [3.63, 3.8) is 0 Å². The number of ether oxygens (including phenoxy) is 2. The van der Waals surface area contributed by atoms with Crippen molar-refractivity contribution in [1.82, 2.24) is 49.3 Å². The first kappa shape index (κ1) is 59.4. The summed E-state index contributed by atoms with van der Waals surface area (Å²) in [6.45, 7) is 28.6. The quantitative estimate of drug-likeness (QED) is 0.117. The van der Waals surface area contributed by atoms with Crippen LogP contribution in [0.4, 0.5) is 23.5 Å². The molecule has 6 saturated heterocycles. The Morgan fingerprint density at radius 1 is 0.475 bits per heavy atom. The third-order valence-electron chi connectivity index (χ3n) is 17.7. The second kappa shape index (κ2) is 29.7. The molecule has 0 unspecified atom stereocenters. The lowest BCUT2D eigenvalue weighted by molar-refractivity contribution is 0.177. The number of nitrogens with one attached hydrogen (secondary N) is 2. The molecule has 0 aliphatic carbocycles.